The standard InChI is InChI=1S/C55H35N5.C31H21BN3O2.C24H15ClN2/c1-4-14-36(15-5-1)47-34-49(58-54-46(47)29-27-39-28-30-48(57-53(39)54)37-16-6-2-7-17-37)43-23-11-24-44(33-43)51-35-50(59-55(60-51)40-18-8-3-9-19-40)42-22-10-21-41(32-42)45-26-12-20-38-25-13-31-56-52(38)45;36-32-37-26-15-5-13-25(19-26)29-20-28(34-31(35-29)22-8-2-1-3-9-22)24-12-4-11-23(18-24)27-16-6-10-21-14-7-17-33-30(21)27;25-22-15-20(16-7-3-1-4-8-16)19-13-11-18-12-14-21(17-9-5-2-6-10-17)26-23(18)24(19)27-22/h1-35H;1-20,36H;1-15H. The maximum Gasteiger partial charge on any atom is 0.569 e. The van der Waals surface area contributed by atoms with Crippen LogP contribution < -0.4 is 4.65 Å². The molecular weight excluding hydrogens is 1540 g/mol. The lowest BCUT2D eigenvalue weighted by Crippen LogP contribution is -2.00. The summed E-state index contributed by atoms with van der Waals surface area (Å²) in [5.41, 5.74) is 28.8. The van der Waals surface area contributed by atoms with E-state index in [-0.39, 0.29) is 0 Å². The van der Waals surface area contributed by atoms with Crippen LogP contribution in [-0.4, -0.2) is 62.5 Å². The second kappa shape index (κ2) is 34.6. The summed E-state index contributed by atoms with van der Waals surface area (Å²) in [5, 5.41) is 16.0. The molecule has 0 spiro atoms. The van der Waals surface area contributed by atoms with E-state index in [1.807, 2.05) is 170 Å². The third kappa shape index (κ3) is 16.1. The Kier molecular flexibility index (Phi) is 21.4. The van der Waals surface area contributed by atoms with E-state index in [1.54, 1.807) is 6.07 Å². The largest absolute Gasteiger partial charge is 0.569 e. The number of nitrogens with zero attached hydrogens (tertiary/aromatic N) is 10. The molecule has 0 atom stereocenters. The average Bonchev–Trinajstić information content (AvgIpc) is 0.752. The Morgan fingerprint density at radius 1 is 0.210 bits per heavy atom. The maximum absolute atomic E-state index is 9.08. The average molecular weight is 1610 g/mol. The van der Waals surface area contributed by atoms with Gasteiger partial charge in [0, 0.05) is 106 Å². The van der Waals surface area contributed by atoms with Gasteiger partial charge in [0.05, 0.1) is 73.0 Å². The molecule has 1 N–H and O–H groups in total. The molecule has 8 heterocycles. The summed E-state index contributed by atoms with van der Waals surface area (Å²) in [6, 6.07) is 140. The van der Waals surface area contributed by atoms with Crippen LogP contribution in [0.2, 0.25) is 5.15 Å². The summed E-state index contributed by atoms with van der Waals surface area (Å²) in [5.74, 6) is 1.81. The number of para-hydroxylation sites is 2. The molecule has 1 radical (unpaired) electrons. The number of pyridine rings is 6. The molecule has 0 aliphatic heterocycles. The maximum atomic E-state index is 9.08. The topological polar surface area (TPSA) is 158 Å². The Morgan fingerprint density at radius 2 is 0.532 bits per heavy atom. The minimum absolute atomic E-state index is 0.473. The van der Waals surface area contributed by atoms with E-state index in [0.29, 0.717) is 30.2 Å². The highest BCUT2D eigenvalue weighted by Gasteiger charge is 2.21. The second-order valence-electron chi connectivity index (χ2n) is 29.9. The van der Waals surface area contributed by atoms with Crippen LogP contribution in [-0.2, 0) is 0 Å². The molecular formula is C110H71BClN10O2. The summed E-state index contributed by atoms with van der Waals surface area (Å²) in [7, 11) is 0.674. The molecule has 0 aliphatic rings. The van der Waals surface area contributed by atoms with Crippen LogP contribution in [0.1, 0.15) is 0 Å². The van der Waals surface area contributed by atoms with E-state index in [1.165, 1.54) is 0 Å². The number of halogens is 1. The van der Waals surface area contributed by atoms with Crippen molar-refractivity contribution >= 4 is 84.7 Å². The number of hydrogen-bond donors (Lipinski definition) is 1. The van der Waals surface area contributed by atoms with Gasteiger partial charge in [-0.25, -0.2) is 39.9 Å². The molecule has 22 rings (SSSR count). The van der Waals surface area contributed by atoms with Crippen molar-refractivity contribution in [1.29, 1.82) is 0 Å². The Labute approximate surface area is 721 Å². The van der Waals surface area contributed by atoms with Crippen molar-refractivity contribution < 1.29 is 9.68 Å². The van der Waals surface area contributed by atoms with Gasteiger partial charge in [-0.1, -0.05) is 345 Å². The highest BCUT2D eigenvalue weighted by atomic mass is 35.5. The fraction of sp³-hybridized carbons (Fsp3) is 0. The van der Waals surface area contributed by atoms with Crippen molar-refractivity contribution in [3.63, 3.8) is 0 Å². The van der Waals surface area contributed by atoms with Crippen molar-refractivity contribution in [3.05, 3.63) is 430 Å². The fourth-order valence-corrected chi connectivity index (χ4v) is 16.2. The molecule has 124 heavy (non-hydrogen) atoms. The first-order valence-electron chi connectivity index (χ1n) is 40.8. The number of hydrogen-bond acceptors (Lipinski definition) is 12. The van der Waals surface area contributed by atoms with Crippen LogP contribution in [0.25, 0.3) is 212 Å². The summed E-state index contributed by atoms with van der Waals surface area (Å²) >= 11 is 6.39. The van der Waals surface area contributed by atoms with Gasteiger partial charge in [-0.15, -0.1) is 0 Å². The van der Waals surface area contributed by atoms with E-state index < -0.39 is 0 Å². The van der Waals surface area contributed by atoms with Crippen molar-refractivity contribution in [2.75, 3.05) is 0 Å². The van der Waals surface area contributed by atoms with Crippen molar-refractivity contribution in [3.8, 4) is 152 Å². The van der Waals surface area contributed by atoms with Crippen LogP contribution in [0.3, 0.4) is 0 Å². The number of aromatic nitrogens is 10. The molecule has 0 aliphatic carbocycles. The molecule has 0 fully saturated rings. The molecule has 0 saturated carbocycles. The van der Waals surface area contributed by atoms with Crippen molar-refractivity contribution in [2.24, 2.45) is 0 Å². The molecule has 583 valence electrons. The third-order valence-electron chi connectivity index (χ3n) is 22.0. The van der Waals surface area contributed by atoms with E-state index >= 15 is 0 Å². The first-order chi connectivity index (χ1) is 61.3. The molecule has 0 unspecified atom stereocenters. The van der Waals surface area contributed by atoms with Gasteiger partial charge in [0.25, 0.3) is 0 Å². The minimum Gasteiger partial charge on any atom is -0.537 e. The van der Waals surface area contributed by atoms with Crippen molar-refractivity contribution in [2.45, 2.75) is 0 Å². The van der Waals surface area contributed by atoms with Crippen LogP contribution >= 0.6 is 11.6 Å². The zero-order chi connectivity index (χ0) is 83.1. The Bertz CT molecular complexity index is 7710. The highest BCUT2D eigenvalue weighted by molar-refractivity contribution is 6.31. The van der Waals surface area contributed by atoms with E-state index in [4.69, 9.17) is 61.2 Å². The van der Waals surface area contributed by atoms with E-state index in [9.17, 15) is 0 Å². The van der Waals surface area contributed by atoms with E-state index in [0.717, 1.165) is 200 Å². The zero-order valence-electron chi connectivity index (χ0n) is 66.7. The van der Waals surface area contributed by atoms with Crippen LogP contribution in [0.15, 0.2) is 425 Å². The fourth-order valence-electron chi connectivity index (χ4n) is 16.0. The van der Waals surface area contributed by atoms with Gasteiger partial charge in [-0.2, -0.15) is 0 Å². The molecule has 8 aromatic heterocycles. The van der Waals surface area contributed by atoms with Crippen molar-refractivity contribution in [1.82, 2.24) is 49.8 Å². The minimum atomic E-state index is 0.473. The molecule has 0 amide bonds. The SMILES string of the molecule is Clc1cc(-c2ccccc2)c2ccc3ccc(-c4ccccc4)nc3c2n1.O[B]Oc1cccc(-c2cc(-c3cccc(-c4cccc5cccnc45)c3)nc(-c3ccccc3)n2)c1.c1ccc(-c2ccc3ccc4c(-c5ccccc5)cc(-c5cccc(-c6cc(-c7cccc(-c8cccc9cccnc89)c7)nc(-c7ccccc7)n6)c5)nc4c3n2)cc1. The van der Waals surface area contributed by atoms with Gasteiger partial charge in [-0.05, 0) is 112 Å². The number of rotatable bonds is 15. The zero-order valence-corrected chi connectivity index (χ0v) is 67.5. The van der Waals surface area contributed by atoms with Gasteiger partial charge in [0.1, 0.15) is 10.9 Å². The third-order valence-corrected chi connectivity index (χ3v) is 22.2. The monoisotopic (exact) mass is 1610 g/mol. The smallest absolute Gasteiger partial charge is 0.537 e. The Hall–Kier alpha value is -16.2. The molecule has 0 bridgehead atoms. The molecule has 22 aromatic rings. The molecule has 14 aromatic carbocycles. The Balaban J connectivity index is 0.000000129. The van der Waals surface area contributed by atoms with Crippen LogP contribution in [0.5, 0.6) is 5.75 Å². The van der Waals surface area contributed by atoms with Gasteiger partial charge in [-0.3, -0.25) is 9.97 Å². The van der Waals surface area contributed by atoms with Gasteiger partial charge in [0.2, 0.25) is 0 Å². The summed E-state index contributed by atoms with van der Waals surface area (Å²) < 4.78 is 5.18. The molecule has 0 saturated heterocycles. The highest BCUT2D eigenvalue weighted by Crippen LogP contribution is 2.42. The van der Waals surface area contributed by atoms with Gasteiger partial charge >= 0.3 is 7.69 Å². The lowest BCUT2D eigenvalue weighted by Gasteiger charge is -2.14. The predicted octanol–water partition coefficient (Wildman–Crippen LogP) is 27.2. The van der Waals surface area contributed by atoms with E-state index in [2.05, 4.69) is 259 Å². The Morgan fingerprint density at radius 3 is 0.968 bits per heavy atom. The summed E-state index contributed by atoms with van der Waals surface area (Å²) in [6.07, 6.45) is 3.67. The van der Waals surface area contributed by atoms with Crippen LogP contribution in [0, 0.1) is 0 Å². The first-order valence-corrected chi connectivity index (χ1v) is 41.2. The summed E-state index contributed by atoms with van der Waals surface area (Å²) in [6.45, 7) is 0. The number of benzene rings is 14. The molecule has 14 heteroatoms. The van der Waals surface area contributed by atoms with Gasteiger partial charge in [0.15, 0.2) is 11.6 Å². The first kappa shape index (κ1) is 76.5. The van der Waals surface area contributed by atoms with Crippen LogP contribution in [0.4, 0.5) is 0 Å². The quantitative estimate of drug-likeness (QED) is 0.0589. The van der Waals surface area contributed by atoms with Gasteiger partial charge < -0.3 is 9.68 Å². The predicted molar refractivity (Wildman–Crippen MR) is 507 cm³/mol. The lowest BCUT2D eigenvalue weighted by molar-refractivity contribution is 0.454. The summed E-state index contributed by atoms with van der Waals surface area (Å²) in [4.78, 5) is 49.8. The molecule has 12 nitrogen and oxygen atoms in total. The number of fused-ring (bicyclic) bond motifs is 8. The second-order valence-corrected chi connectivity index (χ2v) is 30.3. The lowest BCUT2D eigenvalue weighted by atomic mass is 9.96. The normalized spacial score (nSPS) is 11.1.